The largest absolute Gasteiger partial charge is 0.299 e. The number of hydrogen-bond acceptors (Lipinski definition) is 4. The van der Waals surface area contributed by atoms with Crippen LogP contribution in [0.3, 0.4) is 0 Å². The van der Waals surface area contributed by atoms with Crippen LogP contribution < -0.4 is 4.31 Å². The third-order valence-electron chi connectivity index (χ3n) is 4.94. The lowest BCUT2D eigenvalue weighted by atomic mass is 9.96. The number of benzene rings is 2. The first-order chi connectivity index (χ1) is 12.7. The molecule has 140 valence electrons. The Labute approximate surface area is 159 Å². The van der Waals surface area contributed by atoms with Crippen molar-refractivity contribution < 1.29 is 18.0 Å². The number of sulfonamides is 1. The highest BCUT2D eigenvalue weighted by Crippen LogP contribution is 2.54. The molecule has 0 heterocycles. The minimum Gasteiger partial charge on any atom is -0.299 e. The molecular formula is C21H21NO4S. The van der Waals surface area contributed by atoms with Crippen molar-refractivity contribution in [2.45, 2.75) is 32.1 Å². The van der Waals surface area contributed by atoms with E-state index in [1.807, 2.05) is 6.92 Å². The summed E-state index contributed by atoms with van der Waals surface area (Å²) in [4.78, 5) is 24.2. The summed E-state index contributed by atoms with van der Waals surface area (Å²) in [5, 5.41) is 0. The number of para-hydroxylation sites is 1. The fourth-order valence-electron chi connectivity index (χ4n) is 3.17. The minimum atomic E-state index is -3.89. The first-order valence-corrected chi connectivity index (χ1v) is 10.0. The number of allylic oxidation sites excluding steroid dienone is 1. The molecule has 2 aromatic carbocycles. The van der Waals surface area contributed by atoms with Gasteiger partial charge in [0.15, 0.2) is 0 Å². The van der Waals surface area contributed by atoms with Gasteiger partial charge in [-0.15, -0.1) is 0 Å². The molecular weight excluding hydrogens is 362 g/mol. The monoisotopic (exact) mass is 383 g/mol. The smallest absolute Gasteiger partial charge is 0.268 e. The summed E-state index contributed by atoms with van der Waals surface area (Å²) in [5.41, 5.74) is 0.726. The SMILES string of the molecule is CC(=O)C1(C(C)=O)C/C1=C\N(c1ccccc1)S(=O)(=O)c1ccc(C)cc1. The predicted octanol–water partition coefficient (Wildman–Crippen LogP) is 3.64. The Morgan fingerprint density at radius 3 is 2.00 bits per heavy atom. The van der Waals surface area contributed by atoms with Crippen molar-refractivity contribution in [3.63, 3.8) is 0 Å². The molecule has 2 aromatic rings. The quantitative estimate of drug-likeness (QED) is 0.714. The van der Waals surface area contributed by atoms with Crippen LogP contribution in [-0.2, 0) is 19.6 Å². The molecule has 6 heteroatoms. The van der Waals surface area contributed by atoms with Crippen LogP contribution in [0.2, 0.25) is 0 Å². The molecule has 0 radical (unpaired) electrons. The first kappa shape index (κ1) is 19.0. The number of aryl methyl sites for hydroxylation is 1. The molecule has 3 rings (SSSR count). The van der Waals surface area contributed by atoms with Crippen LogP contribution in [0, 0.1) is 12.3 Å². The van der Waals surface area contributed by atoms with Crippen LogP contribution in [0.1, 0.15) is 25.8 Å². The Bertz CT molecular complexity index is 1010. The summed E-state index contributed by atoms with van der Waals surface area (Å²) in [6, 6.07) is 15.2. The summed E-state index contributed by atoms with van der Waals surface area (Å²) >= 11 is 0. The number of Topliss-reactive ketones (excluding diaryl/α,β-unsaturated/α-hetero) is 2. The Balaban J connectivity index is 2.12. The summed E-state index contributed by atoms with van der Waals surface area (Å²) in [6.45, 7) is 4.61. The number of nitrogens with zero attached hydrogens (tertiary/aromatic N) is 1. The molecule has 0 amide bonds. The summed E-state index contributed by atoms with van der Waals surface area (Å²) in [7, 11) is -3.89. The number of carbonyl (C=O) groups is 2. The maximum absolute atomic E-state index is 13.3. The van der Waals surface area contributed by atoms with E-state index < -0.39 is 15.4 Å². The number of ketones is 2. The van der Waals surface area contributed by atoms with E-state index in [0.29, 0.717) is 11.3 Å². The van der Waals surface area contributed by atoms with Gasteiger partial charge in [-0.3, -0.25) is 9.59 Å². The molecule has 0 aliphatic heterocycles. The van der Waals surface area contributed by atoms with Gasteiger partial charge in [-0.1, -0.05) is 35.9 Å². The fraction of sp³-hybridized carbons (Fsp3) is 0.238. The van der Waals surface area contributed by atoms with E-state index in [2.05, 4.69) is 0 Å². The zero-order valence-corrected chi connectivity index (χ0v) is 16.3. The Morgan fingerprint density at radius 1 is 0.963 bits per heavy atom. The zero-order valence-electron chi connectivity index (χ0n) is 15.5. The molecule has 5 nitrogen and oxygen atoms in total. The van der Waals surface area contributed by atoms with Gasteiger partial charge in [0.2, 0.25) is 0 Å². The summed E-state index contributed by atoms with van der Waals surface area (Å²) in [6.07, 6.45) is 1.68. The molecule has 0 unspecified atom stereocenters. The molecule has 0 aromatic heterocycles. The standard InChI is InChI=1S/C21H21NO4S/c1-15-9-11-20(12-10-15)27(25,26)22(19-7-5-4-6-8-19)14-18-13-21(18,16(2)23)17(3)24/h4-12,14H,13H2,1-3H3/b18-14+. The van der Waals surface area contributed by atoms with Gasteiger partial charge < -0.3 is 0 Å². The fourth-order valence-corrected chi connectivity index (χ4v) is 4.54. The second-order valence-corrected chi connectivity index (χ2v) is 8.61. The average Bonchev–Trinajstić information content (AvgIpc) is 3.36. The lowest BCUT2D eigenvalue weighted by molar-refractivity contribution is -0.131. The molecule has 0 bridgehead atoms. The van der Waals surface area contributed by atoms with Crippen molar-refractivity contribution in [2.24, 2.45) is 5.41 Å². The third kappa shape index (κ3) is 3.32. The summed E-state index contributed by atoms with van der Waals surface area (Å²) in [5.74, 6) is -0.524. The topological polar surface area (TPSA) is 71.5 Å². The van der Waals surface area contributed by atoms with Crippen LogP contribution in [0.5, 0.6) is 0 Å². The average molecular weight is 383 g/mol. The molecule has 0 spiro atoms. The molecule has 0 atom stereocenters. The van der Waals surface area contributed by atoms with Crippen molar-refractivity contribution in [1.29, 1.82) is 0 Å². The van der Waals surface area contributed by atoms with Gasteiger partial charge in [-0.25, -0.2) is 12.7 Å². The second-order valence-electron chi connectivity index (χ2n) is 6.80. The Hall–Kier alpha value is -2.73. The molecule has 1 aliphatic carbocycles. The van der Waals surface area contributed by atoms with Crippen molar-refractivity contribution in [3.05, 3.63) is 71.9 Å². The Morgan fingerprint density at radius 2 is 1.52 bits per heavy atom. The van der Waals surface area contributed by atoms with Gasteiger partial charge in [0, 0.05) is 6.20 Å². The number of rotatable bonds is 6. The van der Waals surface area contributed by atoms with Gasteiger partial charge in [0.1, 0.15) is 17.0 Å². The number of carbonyl (C=O) groups excluding carboxylic acids is 2. The zero-order chi connectivity index (χ0) is 19.8. The lowest BCUT2D eigenvalue weighted by Gasteiger charge is -2.21. The Kier molecular flexibility index (Phi) is 4.78. The van der Waals surface area contributed by atoms with Crippen molar-refractivity contribution in [2.75, 3.05) is 4.31 Å². The third-order valence-corrected chi connectivity index (χ3v) is 6.64. The summed E-state index contributed by atoms with van der Waals surface area (Å²) < 4.78 is 27.7. The van der Waals surface area contributed by atoms with E-state index >= 15 is 0 Å². The highest BCUT2D eigenvalue weighted by Gasteiger charge is 2.57. The molecule has 1 aliphatic rings. The van der Waals surface area contributed by atoms with Crippen LogP contribution >= 0.6 is 0 Å². The van der Waals surface area contributed by atoms with Crippen molar-refractivity contribution in [3.8, 4) is 0 Å². The van der Waals surface area contributed by atoms with E-state index in [4.69, 9.17) is 0 Å². The highest BCUT2D eigenvalue weighted by atomic mass is 32.2. The van der Waals surface area contributed by atoms with Crippen LogP contribution in [0.15, 0.2) is 71.3 Å². The van der Waals surface area contributed by atoms with Gasteiger partial charge in [0.05, 0.1) is 10.6 Å². The van der Waals surface area contributed by atoms with Gasteiger partial charge in [0.25, 0.3) is 10.0 Å². The van der Waals surface area contributed by atoms with Crippen LogP contribution in [-0.4, -0.2) is 20.0 Å². The van der Waals surface area contributed by atoms with E-state index in [1.165, 1.54) is 20.0 Å². The van der Waals surface area contributed by atoms with Crippen molar-refractivity contribution >= 4 is 27.3 Å². The predicted molar refractivity (Wildman–Crippen MR) is 104 cm³/mol. The van der Waals surface area contributed by atoms with Gasteiger partial charge in [-0.2, -0.15) is 0 Å². The lowest BCUT2D eigenvalue weighted by Crippen LogP contribution is -2.27. The van der Waals surface area contributed by atoms with Gasteiger partial charge in [-0.05, 0) is 57.0 Å². The van der Waals surface area contributed by atoms with E-state index in [9.17, 15) is 18.0 Å². The first-order valence-electron chi connectivity index (χ1n) is 8.59. The molecule has 0 N–H and O–H groups in total. The molecule has 1 saturated carbocycles. The molecule has 0 saturated heterocycles. The maximum atomic E-state index is 13.3. The molecule has 1 fully saturated rings. The normalized spacial score (nSPS) is 16.8. The van der Waals surface area contributed by atoms with Crippen LogP contribution in [0.25, 0.3) is 0 Å². The van der Waals surface area contributed by atoms with Crippen molar-refractivity contribution in [1.82, 2.24) is 0 Å². The molecule has 27 heavy (non-hydrogen) atoms. The van der Waals surface area contributed by atoms with E-state index in [0.717, 1.165) is 9.87 Å². The second kappa shape index (κ2) is 6.78. The highest BCUT2D eigenvalue weighted by molar-refractivity contribution is 7.93. The minimum absolute atomic E-state index is 0.144. The maximum Gasteiger partial charge on any atom is 0.268 e. The van der Waals surface area contributed by atoms with Gasteiger partial charge >= 0.3 is 0 Å². The number of anilines is 1. The van der Waals surface area contributed by atoms with E-state index in [-0.39, 0.29) is 22.9 Å². The van der Waals surface area contributed by atoms with Crippen LogP contribution in [0.4, 0.5) is 5.69 Å². The van der Waals surface area contributed by atoms with E-state index in [1.54, 1.807) is 54.6 Å². The number of hydrogen-bond donors (Lipinski definition) is 0.